The summed E-state index contributed by atoms with van der Waals surface area (Å²) >= 11 is 1.83. The van der Waals surface area contributed by atoms with E-state index < -0.39 is 0 Å². The standard InChI is InChI=1S/C44H25NO2S/c1-2-10-28(11-3-1)45(30-16-20-33-34-18-14-26-8-4-6-12-31(26)43(34)47-38(33)25-30)29-17-22-39-36(24-29)42-40(48-39)23-21-37-41(42)35-19-15-27-9-5-7-13-32(27)44(35)46-37/h1-25H. The van der Waals surface area contributed by atoms with Crippen LogP contribution in [0, 0.1) is 0 Å². The van der Waals surface area contributed by atoms with Crippen LogP contribution in [0.25, 0.3) is 85.6 Å². The third-order valence-electron chi connectivity index (χ3n) is 9.82. The molecule has 0 atom stereocenters. The molecule has 0 bridgehead atoms. The number of thiophene rings is 1. The van der Waals surface area contributed by atoms with E-state index in [2.05, 4.69) is 157 Å². The number of hydrogen-bond donors (Lipinski definition) is 0. The lowest BCUT2D eigenvalue weighted by molar-refractivity contribution is 0.672. The highest BCUT2D eigenvalue weighted by atomic mass is 32.1. The van der Waals surface area contributed by atoms with Gasteiger partial charge in [0.05, 0.1) is 0 Å². The Kier molecular flexibility index (Phi) is 5.26. The van der Waals surface area contributed by atoms with E-state index in [0.29, 0.717) is 0 Å². The maximum absolute atomic E-state index is 6.62. The molecule has 224 valence electrons. The molecule has 0 amide bonds. The Labute approximate surface area is 278 Å². The van der Waals surface area contributed by atoms with E-state index in [4.69, 9.17) is 8.83 Å². The van der Waals surface area contributed by atoms with Crippen molar-refractivity contribution in [2.45, 2.75) is 0 Å². The first-order chi connectivity index (χ1) is 23.8. The SMILES string of the molecule is c1ccc(N(c2ccc3c(c2)oc2c4ccccc4ccc32)c2ccc3sc4ccc5oc6c7ccccc7ccc6c5c4c3c2)cc1. The van der Waals surface area contributed by atoms with Crippen LogP contribution in [0.1, 0.15) is 0 Å². The molecule has 4 heteroatoms. The zero-order valence-electron chi connectivity index (χ0n) is 25.6. The molecule has 3 heterocycles. The van der Waals surface area contributed by atoms with Crippen LogP contribution in [0.15, 0.2) is 160 Å². The minimum absolute atomic E-state index is 0.876. The van der Waals surface area contributed by atoms with Gasteiger partial charge in [-0.1, -0.05) is 78.9 Å². The number of anilines is 3. The molecule has 0 aliphatic carbocycles. The molecule has 11 aromatic rings. The van der Waals surface area contributed by atoms with Crippen molar-refractivity contribution in [3.05, 3.63) is 152 Å². The fourth-order valence-corrected chi connectivity index (χ4v) is 8.74. The number of hydrogen-bond acceptors (Lipinski definition) is 4. The lowest BCUT2D eigenvalue weighted by Crippen LogP contribution is -2.09. The van der Waals surface area contributed by atoms with Gasteiger partial charge in [0, 0.05) is 75.6 Å². The molecule has 0 spiro atoms. The van der Waals surface area contributed by atoms with Gasteiger partial charge < -0.3 is 13.7 Å². The van der Waals surface area contributed by atoms with Crippen molar-refractivity contribution >= 4 is 114 Å². The summed E-state index contributed by atoms with van der Waals surface area (Å²) in [5.41, 5.74) is 6.89. The highest BCUT2D eigenvalue weighted by Gasteiger charge is 2.20. The molecule has 0 fully saturated rings. The van der Waals surface area contributed by atoms with Crippen molar-refractivity contribution < 1.29 is 8.83 Å². The Morgan fingerprint density at radius 1 is 0.375 bits per heavy atom. The maximum atomic E-state index is 6.62. The summed E-state index contributed by atoms with van der Waals surface area (Å²) in [5.74, 6) is 0. The Hall–Kier alpha value is -6.10. The molecule has 0 unspecified atom stereocenters. The zero-order valence-corrected chi connectivity index (χ0v) is 26.4. The van der Waals surface area contributed by atoms with Gasteiger partial charge in [-0.3, -0.25) is 0 Å². The number of fused-ring (bicyclic) bond motifs is 14. The number of nitrogens with zero attached hydrogens (tertiary/aromatic N) is 1. The zero-order chi connectivity index (χ0) is 31.3. The fourth-order valence-electron chi connectivity index (χ4n) is 7.65. The average molecular weight is 632 g/mol. The molecule has 0 radical (unpaired) electrons. The van der Waals surface area contributed by atoms with E-state index in [1.54, 1.807) is 0 Å². The van der Waals surface area contributed by atoms with Crippen LogP contribution in [0.5, 0.6) is 0 Å². The molecule has 3 aromatic heterocycles. The van der Waals surface area contributed by atoms with Gasteiger partial charge in [-0.15, -0.1) is 11.3 Å². The molecule has 3 nitrogen and oxygen atoms in total. The number of rotatable bonds is 3. The highest BCUT2D eigenvalue weighted by molar-refractivity contribution is 7.26. The smallest absolute Gasteiger partial charge is 0.143 e. The summed E-state index contributed by atoms with van der Waals surface area (Å²) in [6.07, 6.45) is 0. The van der Waals surface area contributed by atoms with E-state index >= 15 is 0 Å². The van der Waals surface area contributed by atoms with Gasteiger partial charge in [0.25, 0.3) is 0 Å². The van der Waals surface area contributed by atoms with Crippen molar-refractivity contribution in [3.8, 4) is 0 Å². The largest absolute Gasteiger partial charge is 0.455 e. The van der Waals surface area contributed by atoms with Gasteiger partial charge in [0.15, 0.2) is 0 Å². The van der Waals surface area contributed by atoms with Crippen LogP contribution in [0.3, 0.4) is 0 Å². The number of benzene rings is 8. The average Bonchev–Trinajstić information content (AvgIpc) is 3.83. The van der Waals surface area contributed by atoms with Crippen molar-refractivity contribution in [2.24, 2.45) is 0 Å². The predicted molar refractivity (Wildman–Crippen MR) is 204 cm³/mol. The summed E-state index contributed by atoms with van der Waals surface area (Å²) in [5, 5.41) is 11.7. The predicted octanol–water partition coefficient (Wildman–Crippen LogP) is 13.6. The number of furan rings is 2. The van der Waals surface area contributed by atoms with Crippen molar-refractivity contribution in [2.75, 3.05) is 4.90 Å². The van der Waals surface area contributed by atoms with Gasteiger partial charge in [-0.25, -0.2) is 0 Å². The summed E-state index contributed by atoms with van der Waals surface area (Å²) < 4.78 is 15.7. The molecule has 0 saturated heterocycles. The monoisotopic (exact) mass is 631 g/mol. The second-order valence-corrected chi connectivity index (χ2v) is 13.6. The van der Waals surface area contributed by atoms with Crippen LogP contribution >= 0.6 is 11.3 Å². The van der Waals surface area contributed by atoms with E-state index in [0.717, 1.165) is 66.3 Å². The van der Waals surface area contributed by atoms with Crippen LogP contribution in [-0.4, -0.2) is 0 Å². The third-order valence-corrected chi connectivity index (χ3v) is 11.0. The maximum Gasteiger partial charge on any atom is 0.143 e. The Morgan fingerprint density at radius 2 is 1.00 bits per heavy atom. The Morgan fingerprint density at radius 3 is 1.81 bits per heavy atom. The molecule has 0 N–H and O–H groups in total. The van der Waals surface area contributed by atoms with Gasteiger partial charge in [-0.05, 0) is 77.5 Å². The van der Waals surface area contributed by atoms with Crippen LogP contribution in [-0.2, 0) is 0 Å². The Balaban J connectivity index is 1.16. The molecule has 0 aliphatic rings. The van der Waals surface area contributed by atoms with E-state index in [1.807, 2.05) is 11.3 Å². The van der Waals surface area contributed by atoms with E-state index in [9.17, 15) is 0 Å². The lowest BCUT2D eigenvalue weighted by Gasteiger charge is -2.25. The fraction of sp³-hybridized carbons (Fsp3) is 0. The lowest BCUT2D eigenvalue weighted by atomic mass is 10.0. The molecule has 8 aromatic carbocycles. The van der Waals surface area contributed by atoms with Gasteiger partial charge >= 0.3 is 0 Å². The Bertz CT molecular complexity index is 3070. The van der Waals surface area contributed by atoms with Gasteiger partial charge in [-0.2, -0.15) is 0 Å². The van der Waals surface area contributed by atoms with Crippen LogP contribution < -0.4 is 4.90 Å². The topological polar surface area (TPSA) is 29.5 Å². The van der Waals surface area contributed by atoms with Crippen molar-refractivity contribution in [1.29, 1.82) is 0 Å². The molecule has 11 rings (SSSR count). The van der Waals surface area contributed by atoms with E-state index in [1.165, 1.54) is 36.3 Å². The van der Waals surface area contributed by atoms with E-state index in [-0.39, 0.29) is 0 Å². The summed E-state index contributed by atoms with van der Waals surface area (Å²) in [7, 11) is 0. The second-order valence-electron chi connectivity index (χ2n) is 12.5. The highest BCUT2D eigenvalue weighted by Crippen LogP contribution is 2.46. The minimum Gasteiger partial charge on any atom is -0.455 e. The second kappa shape index (κ2) is 9.71. The summed E-state index contributed by atoms with van der Waals surface area (Å²) in [6, 6.07) is 54.0. The van der Waals surface area contributed by atoms with Gasteiger partial charge in [0.2, 0.25) is 0 Å². The summed E-state index contributed by atoms with van der Waals surface area (Å²) in [6.45, 7) is 0. The quantitative estimate of drug-likeness (QED) is 0.194. The molecular formula is C44H25NO2S. The third kappa shape index (κ3) is 3.63. The molecular weight excluding hydrogens is 607 g/mol. The number of para-hydroxylation sites is 1. The normalized spacial score (nSPS) is 12.2. The minimum atomic E-state index is 0.876. The van der Waals surface area contributed by atoms with Crippen molar-refractivity contribution in [1.82, 2.24) is 0 Å². The molecule has 0 saturated carbocycles. The first-order valence-corrected chi connectivity index (χ1v) is 17.0. The van der Waals surface area contributed by atoms with Crippen LogP contribution in [0.4, 0.5) is 17.1 Å². The molecule has 0 aliphatic heterocycles. The summed E-state index contributed by atoms with van der Waals surface area (Å²) in [4.78, 5) is 2.33. The first-order valence-electron chi connectivity index (χ1n) is 16.2. The first kappa shape index (κ1) is 26.0. The molecule has 48 heavy (non-hydrogen) atoms. The van der Waals surface area contributed by atoms with Crippen LogP contribution in [0.2, 0.25) is 0 Å². The van der Waals surface area contributed by atoms with Crippen molar-refractivity contribution in [3.63, 3.8) is 0 Å². The van der Waals surface area contributed by atoms with Gasteiger partial charge in [0.1, 0.15) is 22.3 Å².